The molecule has 6 rings (SSSR count). The molecule has 0 saturated carbocycles. The molecule has 2 aliphatic rings. The van der Waals surface area contributed by atoms with Gasteiger partial charge in [0, 0.05) is 0 Å². The van der Waals surface area contributed by atoms with E-state index in [2.05, 4.69) is 78.9 Å². The summed E-state index contributed by atoms with van der Waals surface area (Å²) in [4.78, 5) is 0. The summed E-state index contributed by atoms with van der Waals surface area (Å²) < 4.78 is 0. The molecule has 4 aromatic carbocycles. The lowest BCUT2D eigenvalue weighted by atomic mass is 9.90. The Labute approximate surface area is 164 Å². The van der Waals surface area contributed by atoms with Crippen LogP contribution in [-0.2, 0) is 6.61 Å². The van der Waals surface area contributed by atoms with Crippen molar-refractivity contribution in [2.24, 2.45) is 0 Å². The van der Waals surface area contributed by atoms with Gasteiger partial charge in [-0.2, -0.15) is 0 Å². The lowest BCUT2D eigenvalue weighted by molar-refractivity contribution is 0.281. The zero-order valence-corrected chi connectivity index (χ0v) is 15.3. The Morgan fingerprint density at radius 2 is 0.857 bits per heavy atom. The number of aliphatic hydroxyl groups excluding tert-OH is 1. The summed E-state index contributed by atoms with van der Waals surface area (Å²) in [7, 11) is 0. The molecular formula is C27H18O. The molecule has 0 aliphatic heterocycles. The third-order valence-electron chi connectivity index (χ3n) is 5.99. The van der Waals surface area contributed by atoms with Crippen molar-refractivity contribution >= 4 is 11.1 Å². The summed E-state index contributed by atoms with van der Waals surface area (Å²) in [5, 5.41) is 10.1. The van der Waals surface area contributed by atoms with Gasteiger partial charge in [-0.3, -0.25) is 0 Å². The summed E-state index contributed by atoms with van der Waals surface area (Å²) in [6.45, 7) is 0.0389. The molecule has 0 amide bonds. The predicted molar refractivity (Wildman–Crippen MR) is 115 cm³/mol. The van der Waals surface area contributed by atoms with E-state index in [0.717, 1.165) is 5.56 Å². The molecule has 1 nitrogen and oxygen atoms in total. The molecule has 132 valence electrons. The second-order valence-corrected chi connectivity index (χ2v) is 7.38. The Morgan fingerprint density at radius 1 is 0.429 bits per heavy atom. The van der Waals surface area contributed by atoms with E-state index in [9.17, 15) is 5.11 Å². The molecule has 0 bridgehead atoms. The van der Waals surface area contributed by atoms with Crippen LogP contribution in [0.5, 0.6) is 0 Å². The molecule has 2 aliphatic carbocycles. The summed E-state index contributed by atoms with van der Waals surface area (Å²) in [5.74, 6) is 0. The van der Waals surface area contributed by atoms with Crippen molar-refractivity contribution in [1.29, 1.82) is 0 Å². The van der Waals surface area contributed by atoms with E-state index in [1.807, 2.05) is 12.1 Å². The molecule has 0 aromatic heterocycles. The van der Waals surface area contributed by atoms with Gasteiger partial charge in [0.15, 0.2) is 0 Å². The molecule has 0 radical (unpaired) electrons. The van der Waals surface area contributed by atoms with E-state index in [0.29, 0.717) is 0 Å². The summed E-state index contributed by atoms with van der Waals surface area (Å²) in [5.41, 5.74) is 13.5. The first-order valence-electron chi connectivity index (χ1n) is 9.65. The summed E-state index contributed by atoms with van der Waals surface area (Å²) in [6, 6.07) is 32.2. The minimum Gasteiger partial charge on any atom is -0.392 e. The number of benzene rings is 4. The second-order valence-electron chi connectivity index (χ2n) is 7.38. The Balaban J connectivity index is 1.83. The highest BCUT2D eigenvalue weighted by molar-refractivity contribution is 6.19. The van der Waals surface area contributed by atoms with Crippen molar-refractivity contribution in [2.75, 3.05) is 0 Å². The average Bonchev–Trinajstić information content (AvgIpc) is 3.26. The maximum Gasteiger partial charge on any atom is 0.0688 e. The van der Waals surface area contributed by atoms with Crippen molar-refractivity contribution in [3.63, 3.8) is 0 Å². The Kier molecular flexibility index (Phi) is 3.23. The van der Waals surface area contributed by atoms with Crippen molar-refractivity contribution in [2.45, 2.75) is 6.61 Å². The fraction of sp³-hybridized carbons (Fsp3) is 0.0370. The maximum atomic E-state index is 10.1. The zero-order valence-electron chi connectivity index (χ0n) is 15.3. The fourth-order valence-electron chi connectivity index (χ4n) is 4.87. The topological polar surface area (TPSA) is 20.2 Å². The van der Waals surface area contributed by atoms with Crippen molar-refractivity contribution in [3.8, 4) is 22.3 Å². The molecule has 1 N–H and O–H groups in total. The Bertz CT molecular complexity index is 1250. The first kappa shape index (κ1) is 15.6. The summed E-state index contributed by atoms with van der Waals surface area (Å²) >= 11 is 0. The summed E-state index contributed by atoms with van der Waals surface area (Å²) in [6.07, 6.45) is 0. The van der Waals surface area contributed by atoms with Crippen LogP contribution in [0.2, 0.25) is 0 Å². The van der Waals surface area contributed by atoms with Crippen LogP contribution in [0.3, 0.4) is 0 Å². The van der Waals surface area contributed by atoms with Crippen LogP contribution in [0.25, 0.3) is 33.4 Å². The van der Waals surface area contributed by atoms with E-state index < -0.39 is 0 Å². The van der Waals surface area contributed by atoms with E-state index in [-0.39, 0.29) is 6.61 Å². The van der Waals surface area contributed by atoms with Gasteiger partial charge in [-0.05, 0) is 61.2 Å². The number of rotatable bonds is 1. The quantitative estimate of drug-likeness (QED) is 0.374. The monoisotopic (exact) mass is 358 g/mol. The standard InChI is InChI=1S/C27H18O/c28-16-17-8-7-15-21-20-11-3-6-14-24(20)27(25(17)21)26-22-12-4-1-9-18(22)19-10-2-5-13-23(19)26/h1-15,28H,16H2. The van der Waals surface area contributed by atoms with Gasteiger partial charge in [0.25, 0.3) is 0 Å². The van der Waals surface area contributed by atoms with Crippen LogP contribution >= 0.6 is 0 Å². The van der Waals surface area contributed by atoms with Gasteiger partial charge in [0.1, 0.15) is 0 Å². The molecule has 28 heavy (non-hydrogen) atoms. The van der Waals surface area contributed by atoms with Crippen molar-refractivity contribution in [1.82, 2.24) is 0 Å². The molecule has 0 atom stereocenters. The lowest BCUT2D eigenvalue weighted by Crippen LogP contribution is -1.95. The van der Waals surface area contributed by atoms with E-state index in [1.54, 1.807) is 0 Å². The first-order valence-corrected chi connectivity index (χ1v) is 9.65. The highest BCUT2D eigenvalue weighted by Gasteiger charge is 2.32. The van der Waals surface area contributed by atoms with Crippen LogP contribution in [0, 0.1) is 0 Å². The molecule has 0 heterocycles. The lowest BCUT2D eigenvalue weighted by Gasteiger charge is -2.14. The van der Waals surface area contributed by atoms with Gasteiger partial charge >= 0.3 is 0 Å². The van der Waals surface area contributed by atoms with Gasteiger partial charge in [0.2, 0.25) is 0 Å². The third-order valence-corrected chi connectivity index (χ3v) is 5.99. The molecule has 0 fully saturated rings. The molecule has 1 heteroatoms. The number of fused-ring (bicyclic) bond motifs is 6. The van der Waals surface area contributed by atoms with E-state index in [4.69, 9.17) is 0 Å². The Morgan fingerprint density at radius 3 is 1.39 bits per heavy atom. The van der Waals surface area contributed by atoms with Gasteiger partial charge in [-0.1, -0.05) is 91.0 Å². The molecule has 0 unspecified atom stereocenters. The number of hydrogen-bond acceptors (Lipinski definition) is 1. The smallest absolute Gasteiger partial charge is 0.0688 e. The normalized spacial score (nSPS) is 13.2. The number of aliphatic hydroxyl groups is 1. The predicted octanol–water partition coefficient (Wildman–Crippen LogP) is 6.15. The SMILES string of the molecule is OCc1cccc2c1C(=C1c3ccccc3-c3ccccc31)c1ccccc1-2. The average molecular weight is 358 g/mol. The highest BCUT2D eigenvalue weighted by atomic mass is 16.3. The van der Waals surface area contributed by atoms with Crippen LogP contribution < -0.4 is 0 Å². The zero-order chi connectivity index (χ0) is 18.7. The van der Waals surface area contributed by atoms with Crippen LogP contribution in [0.4, 0.5) is 0 Å². The van der Waals surface area contributed by atoms with Gasteiger partial charge in [-0.15, -0.1) is 0 Å². The first-order chi connectivity index (χ1) is 13.9. The third kappa shape index (κ3) is 1.94. The molecule has 4 aromatic rings. The van der Waals surface area contributed by atoms with Crippen LogP contribution in [-0.4, -0.2) is 5.11 Å². The van der Waals surface area contributed by atoms with Crippen LogP contribution in [0.1, 0.15) is 27.8 Å². The molecule has 0 spiro atoms. The molecule has 0 saturated heterocycles. The molecular weight excluding hydrogens is 340 g/mol. The largest absolute Gasteiger partial charge is 0.392 e. The van der Waals surface area contributed by atoms with Crippen molar-refractivity contribution in [3.05, 3.63) is 119 Å². The van der Waals surface area contributed by atoms with Gasteiger partial charge in [-0.25, -0.2) is 0 Å². The highest BCUT2D eigenvalue weighted by Crippen LogP contribution is 2.54. The maximum absolute atomic E-state index is 10.1. The van der Waals surface area contributed by atoms with Gasteiger partial charge < -0.3 is 5.11 Å². The number of hydrogen-bond donors (Lipinski definition) is 1. The van der Waals surface area contributed by atoms with E-state index in [1.165, 1.54) is 55.7 Å². The van der Waals surface area contributed by atoms with E-state index >= 15 is 0 Å². The van der Waals surface area contributed by atoms with Crippen molar-refractivity contribution < 1.29 is 5.11 Å². The minimum atomic E-state index is 0.0389. The Hall–Kier alpha value is -3.42. The van der Waals surface area contributed by atoms with Gasteiger partial charge in [0.05, 0.1) is 6.61 Å². The fourth-order valence-corrected chi connectivity index (χ4v) is 4.87. The second kappa shape index (κ2) is 5.79. The minimum absolute atomic E-state index is 0.0389. The van der Waals surface area contributed by atoms with Crippen LogP contribution in [0.15, 0.2) is 91.0 Å².